The van der Waals surface area contributed by atoms with Gasteiger partial charge in [0.1, 0.15) is 0 Å². The van der Waals surface area contributed by atoms with Crippen LogP contribution in [-0.4, -0.2) is 5.91 Å². The fourth-order valence-electron chi connectivity index (χ4n) is 2.33. The maximum Gasteiger partial charge on any atom is 0.227 e. The van der Waals surface area contributed by atoms with Gasteiger partial charge in [0.2, 0.25) is 5.91 Å². The molecule has 3 heteroatoms. The van der Waals surface area contributed by atoms with Crippen molar-refractivity contribution in [2.45, 2.75) is 53.4 Å². The van der Waals surface area contributed by atoms with Gasteiger partial charge in [-0.15, -0.1) is 0 Å². The second kappa shape index (κ2) is 7.17. The fraction of sp³-hybridized carbons (Fsp3) is 0.562. The third-order valence-corrected chi connectivity index (χ3v) is 3.66. The maximum atomic E-state index is 12.3. The Bertz CT molecular complexity index is 435. The Morgan fingerprint density at radius 3 is 2.32 bits per heavy atom. The molecule has 1 rings (SSSR count). The Morgan fingerprint density at radius 2 is 1.79 bits per heavy atom. The Kier molecular flexibility index (Phi) is 5.87. The number of hydrogen-bond acceptors (Lipinski definition) is 2. The van der Waals surface area contributed by atoms with E-state index in [1.807, 2.05) is 26.0 Å². The first kappa shape index (κ1) is 15.5. The molecule has 0 bridgehead atoms. The number of rotatable bonds is 6. The van der Waals surface area contributed by atoms with Crippen LogP contribution in [0.3, 0.4) is 0 Å². The molecule has 0 unspecified atom stereocenters. The molecule has 1 aromatic rings. The molecular weight excluding hydrogens is 236 g/mol. The summed E-state index contributed by atoms with van der Waals surface area (Å²) in [4.78, 5) is 12.3. The van der Waals surface area contributed by atoms with E-state index in [1.54, 1.807) is 0 Å². The van der Waals surface area contributed by atoms with Crippen LogP contribution in [0, 0.1) is 19.8 Å². The molecule has 0 aliphatic heterocycles. The molecule has 0 atom stereocenters. The first-order valence-corrected chi connectivity index (χ1v) is 7.17. The van der Waals surface area contributed by atoms with Gasteiger partial charge in [-0.2, -0.15) is 0 Å². The van der Waals surface area contributed by atoms with Crippen molar-refractivity contribution >= 4 is 17.3 Å². The van der Waals surface area contributed by atoms with Crippen molar-refractivity contribution in [3.8, 4) is 0 Å². The monoisotopic (exact) mass is 262 g/mol. The molecule has 1 aromatic carbocycles. The number of carbonyl (C=O) groups excluding carboxylic acids is 1. The van der Waals surface area contributed by atoms with Crippen LogP contribution in [0.2, 0.25) is 0 Å². The maximum absolute atomic E-state index is 12.3. The number of nitrogens with two attached hydrogens (primary N) is 1. The summed E-state index contributed by atoms with van der Waals surface area (Å²) >= 11 is 0. The lowest BCUT2D eigenvalue weighted by Gasteiger charge is -2.18. The zero-order valence-electron chi connectivity index (χ0n) is 12.5. The van der Waals surface area contributed by atoms with E-state index in [2.05, 4.69) is 19.2 Å². The summed E-state index contributed by atoms with van der Waals surface area (Å²) < 4.78 is 0. The Balaban J connectivity index is 2.89. The third kappa shape index (κ3) is 3.98. The van der Waals surface area contributed by atoms with Crippen LogP contribution in [0.1, 0.15) is 50.7 Å². The van der Waals surface area contributed by atoms with Crippen LogP contribution in [-0.2, 0) is 4.79 Å². The highest BCUT2D eigenvalue weighted by molar-refractivity contribution is 5.96. The van der Waals surface area contributed by atoms with Crippen molar-refractivity contribution in [3.05, 3.63) is 23.3 Å². The summed E-state index contributed by atoms with van der Waals surface area (Å²) in [6.45, 7) is 8.25. The molecule has 0 spiro atoms. The number of nitrogens with one attached hydrogen (secondary N) is 1. The van der Waals surface area contributed by atoms with E-state index in [4.69, 9.17) is 5.73 Å². The predicted octanol–water partition coefficient (Wildman–Crippen LogP) is 4.04. The minimum atomic E-state index is 0.0920. The average Bonchev–Trinajstić information content (AvgIpc) is 2.38. The standard InChI is InChI=1S/C16H26N2O/c1-5-7-13(8-6-2)16(19)18-15-12(4)11(3)9-10-14(15)17/h9-10,13H,5-8,17H2,1-4H3,(H,18,19). The van der Waals surface area contributed by atoms with Gasteiger partial charge in [-0.1, -0.05) is 32.8 Å². The molecule has 0 heterocycles. The largest absolute Gasteiger partial charge is 0.397 e. The van der Waals surface area contributed by atoms with Crippen molar-refractivity contribution in [2.75, 3.05) is 11.1 Å². The lowest BCUT2D eigenvalue weighted by atomic mass is 9.97. The first-order chi connectivity index (χ1) is 9.01. The summed E-state index contributed by atoms with van der Waals surface area (Å²) in [7, 11) is 0. The van der Waals surface area contributed by atoms with E-state index >= 15 is 0 Å². The Morgan fingerprint density at radius 1 is 1.21 bits per heavy atom. The van der Waals surface area contributed by atoms with Crippen LogP contribution < -0.4 is 11.1 Å². The van der Waals surface area contributed by atoms with Gasteiger partial charge in [-0.25, -0.2) is 0 Å². The lowest BCUT2D eigenvalue weighted by Crippen LogP contribution is -2.23. The van der Waals surface area contributed by atoms with Crippen LogP contribution in [0.4, 0.5) is 11.4 Å². The Hall–Kier alpha value is -1.51. The van der Waals surface area contributed by atoms with Crippen LogP contribution in [0.5, 0.6) is 0 Å². The van der Waals surface area contributed by atoms with E-state index in [1.165, 1.54) is 0 Å². The molecule has 0 saturated carbocycles. The molecule has 0 fully saturated rings. The molecule has 3 nitrogen and oxygen atoms in total. The van der Waals surface area contributed by atoms with Crippen molar-refractivity contribution in [3.63, 3.8) is 0 Å². The van der Waals surface area contributed by atoms with Gasteiger partial charge in [0, 0.05) is 5.92 Å². The highest BCUT2D eigenvalue weighted by Gasteiger charge is 2.18. The normalized spacial score (nSPS) is 10.8. The molecule has 0 aliphatic carbocycles. The quantitative estimate of drug-likeness (QED) is 0.760. The van der Waals surface area contributed by atoms with Crippen molar-refractivity contribution in [1.29, 1.82) is 0 Å². The van der Waals surface area contributed by atoms with Crippen molar-refractivity contribution in [2.24, 2.45) is 5.92 Å². The summed E-state index contributed by atoms with van der Waals surface area (Å²) in [5, 5.41) is 3.03. The topological polar surface area (TPSA) is 55.1 Å². The summed E-state index contributed by atoms with van der Waals surface area (Å²) in [5.41, 5.74) is 9.59. The molecule has 0 radical (unpaired) electrons. The molecule has 19 heavy (non-hydrogen) atoms. The molecule has 1 amide bonds. The number of hydrogen-bond donors (Lipinski definition) is 2. The number of benzene rings is 1. The zero-order valence-corrected chi connectivity index (χ0v) is 12.5. The third-order valence-electron chi connectivity index (χ3n) is 3.66. The molecule has 106 valence electrons. The second-order valence-electron chi connectivity index (χ2n) is 5.24. The van der Waals surface area contributed by atoms with Gasteiger partial charge in [-0.3, -0.25) is 4.79 Å². The van der Waals surface area contributed by atoms with Crippen molar-refractivity contribution in [1.82, 2.24) is 0 Å². The minimum Gasteiger partial charge on any atom is -0.397 e. The predicted molar refractivity (Wildman–Crippen MR) is 82.3 cm³/mol. The highest BCUT2D eigenvalue weighted by Crippen LogP contribution is 2.27. The number of anilines is 2. The summed E-state index contributed by atoms with van der Waals surface area (Å²) in [5.74, 6) is 0.193. The van der Waals surface area contributed by atoms with Crippen LogP contribution in [0.25, 0.3) is 0 Å². The molecule has 0 aromatic heterocycles. The molecular formula is C16H26N2O. The molecule has 3 N–H and O–H groups in total. The minimum absolute atomic E-state index is 0.0920. The summed E-state index contributed by atoms with van der Waals surface area (Å²) in [6, 6.07) is 3.84. The molecule has 0 aliphatic rings. The average molecular weight is 262 g/mol. The fourth-order valence-corrected chi connectivity index (χ4v) is 2.33. The van der Waals surface area contributed by atoms with E-state index in [9.17, 15) is 4.79 Å². The van der Waals surface area contributed by atoms with E-state index in [-0.39, 0.29) is 11.8 Å². The summed E-state index contributed by atoms with van der Waals surface area (Å²) in [6.07, 6.45) is 3.93. The number of nitrogen functional groups attached to an aromatic ring is 1. The van der Waals surface area contributed by atoms with Gasteiger partial charge in [-0.05, 0) is 43.9 Å². The van der Waals surface area contributed by atoms with Gasteiger partial charge in [0.25, 0.3) is 0 Å². The van der Waals surface area contributed by atoms with Gasteiger partial charge in [0.05, 0.1) is 11.4 Å². The van der Waals surface area contributed by atoms with Gasteiger partial charge >= 0.3 is 0 Å². The number of amides is 1. The zero-order chi connectivity index (χ0) is 14.4. The number of aryl methyl sites for hydroxylation is 1. The highest BCUT2D eigenvalue weighted by atomic mass is 16.1. The molecule has 0 saturated heterocycles. The van der Waals surface area contributed by atoms with E-state index in [0.29, 0.717) is 5.69 Å². The second-order valence-corrected chi connectivity index (χ2v) is 5.24. The van der Waals surface area contributed by atoms with Crippen molar-refractivity contribution < 1.29 is 4.79 Å². The first-order valence-electron chi connectivity index (χ1n) is 7.17. The van der Waals surface area contributed by atoms with Gasteiger partial charge in [0.15, 0.2) is 0 Å². The Labute approximate surface area is 116 Å². The van der Waals surface area contributed by atoms with Crippen LogP contribution in [0.15, 0.2) is 12.1 Å². The van der Waals surface area contributed by atoms with Gasteiger partial charge < -0.3 is 11.1 Å². The smallest absolute Gasteiger partial charge is 0.227 e. The SMILES string of the molecule is CCCC(CCC)C(=O)Nc1c(N)ccc(C)c1C. The van der Waals surface area contributed by atoms with E-state index in [0.717, 1.165) is 42.5 Å². The van der Waals surface area contributed by atoms with E-state index < -0.39 is 0 Å². The number of carbonyl (C=O) groups is 1. The lowest BCUT2D eigenvalue weighted by molar-refractivity contribution is -0.120. The van der Waals surface area contributed by atoms with Crippen LogP contribution >= 0.6 is 0 Å².